The van der Waals surface area contributed by atoms with E-state index in [-0.39, 0.29) is 4.47 Å². The zero-order valence-electron chi connectivity index (χ0n) is 9.35. The van der Waals surface area contributed by atoms with Crippen LogP contribution in [0.15, 0.2) is 17.0 Å². The Balaban J connectivity index is 3.55. The van der Waals surface area contributed by atoms with Crippen molar-refractivity contribution in [1.29, 1.82) is 0 Å². The molecule has 0 fully saturated rings. The average molecular weight is 281 g/mol. The largest absolute Gasteiger partial charge is 0.478 e. The molecule has 1 aromatic carbocycles. The van der Waals surface area contributed by atoms with E-state index in [1.54, 1.807) is 0 Å². The smallest absolute Gasteiger partial charge is 0.335 e. The summed E-state index contributed by atoms with van der Waals surface area (Å²) in [6, 6.07) is 0.912. The van der Waals surface area contributed by atoms with E-state index in [1.807, 2.05) is 0 Å². The van der Waals surface area contributed by atoms with E-state index in [0.717, 1.165) is 14.2 Å². The number of hydrogen-bond donors (Lipinski definition) is 1. The van der Waals surface area contributed by atoms with E-state index in [2.05, 4.69) is 4.84 Å². The van der Waals surface area contributed by atoms with Crippen LogP contribution in [0.5, 0.6) is 0 Å². The first-order chi connectivity index (χ1) is 8.21. The average Bonchev–Trinajstić information content (AvgIpc) is 2.30. The third-order valence-corrected chi connectivity index (χ3v) is 3.79. The van der Waals surface area contributed by atoms with Gasteiger partial charge < -0.3 is 5.11 Å². The van der Waals surface area contributed by atoms with Crippen LogP contribution in [-0.4, -0.2) is 38.1 Å². The second-order valence-corrected chi connectivity index (χ2v) is 5.08. The predicted molar refractivity (Wildman–Crippen MR) is 55.3 cm³/mol. The molecular weight excluding hydrogens is 272 g/mol. The van der Waals surface area contributed by atoms with Gasteiger partial charge in [0, 0.05) is 7.05 Å². The van der Waals surface area contributed by atoms with Crippen LogP contribution in [0.3, 0.4) is 0 Å². The van der Waals surface area contributed by atoms with Crippen LogP contribution < -0.4 is 0 Å². The SMILES string of the molecule is CON(C)S(=O)(=O)c1cc(C(=O)O)cc(F)c1F. The molecule has 0 amide bonds. The number of carboxylic acid groups (broad SMARTS) is 1. The van der Waals surface area contributed by atoms with Crippen molar-refractivity contribution in [2.75, 3.05) is 14.2 Å². The highest BCUT2D eigenvalue weighted by Gasteiger charge is 2.28. The summed E-state index contributed by atoms with van der Waals surface area (Å²) in [5.74, 6) is -4.81. The van der Waals surface area contributed by atoms with Gasteiger partial charge in [0.05, 0.1) is 12.7 Å². The monoisotopic (exact) mass is 281 g/mol. The third-order valence-electron chi connectivity index (χ3n) is 2.12. The summed E-state index contributed by atoms with van der Waals surface area (Å²) in [6.07, 6.45) is 0. The van der Waals surface area contributed by atoms with Gasteiger partial charge in [0.2, 0.25) is 0 Å². The topological polar surface area (TPSA) is 83.9 Å². The van der Waals surface area contributed by atoms with Gasteiger partial charge in [0.1, 0.15) is 4.90 Å². The summed E-state index contributed by atoms with van der Waals surface area (Å²) in [4.78, 5) is 13.9. The number of carbonyl (C=O) groups is 1. The normalized spacial score (nSPS) is 11.8. The molecular formula is C9H9F2NO5S. The molecule has 0 radical (unpaired) electrons. The predicted octanol–water partition coefficient (Wildman–Crippen LogP) is 0.845. The fourth-order valence-corrected chi connectivity index (χ4v) is 2.18. The minimum atomic E-state index is -4.47. The Morgan fingerprint density at radius 2 is 1.94 bits per heavy atom. The molecule has 1 rings (SSSR count). The van der Waals surface area contributed by atoms with E-state index in [0.29, 0.717) is 12.1 Å². The first-order valence-electron chi connectivity index (χ1n) is 4.47. The van der Waals surface area contributed by atoms with Crippen molar-refractivity contribution in [3.8, 4) is 0 Å². The van der Waals surface area contributed by atoms with Crippen LogP contribution in [0.25, 0.3) is 0 Å². The fraction of sp³-hybridized carbons (Fsp3) is 0.222. The summed E-state index contributed by atoms with van der Waals surface area (Å²) in [7, 11) is -2.50. The summed E-state index contributed by atoms with van der Waals surface area (Å²) in [5.41, 5.74) is -0.683. The van der Waals surface area contributed by atoms with Gasteiger partial charge in [-0.25, -0.2) is 22.0 Å². The van der Waals surface area contributed by atoms with Crippen molar-refractivity contribution < 1.29 is 31.9 Å². The molecule has 0 aliphatic heterocycles. The Morgan fingerprint density at radius 3 is 2.39 bits per heavy atom. The van der Waals surface area contributed by atoms with E-state index >= 15 is 0 Å². The van der Waals surface area contributed by atoms with Gasteiger partial charge in [0.25, 0.3) is 10.0 Å². The first-order valence-corrected chi connectivity index (χ1v) is 5.91. The molecule has 0 unspecified atom stereocenters. The highest BCUT2D eigenvalue weighted by atomic mass is 32.2. The van der Waals surface area contributed by atoms with Crippen LogP contribution in [0.1, 0.15) is 10.4 Å². The molecule has 0 aromatic heterocycles. The number of rotatable bonds is 4. The number of hydroxylamine groups is 1. The standard InChI is InChI=1S/C9H9F2NO5S/c1-12(17-2)18(15,16)7-4-5(9(13)14)3-6(10)8(7)11/h3-4H,1-2H3,(H,13,14). The van der Waals surface area contributed by atoms with Gasteiger partial charge in [-0.05, 0) is 12.1 Å². The van der Waals surface area contributed by atoms with E-state index in [1.165, 1.54) is 0 Å². The van der Waals surface area contributed by atoms with Gasteiger partial charge in [-0.3, -0.25) is 4.84 Å². The van der Waals surface area contributed by atoms with E-state index in [4.69, 9.17) is 5.11 Å². The maximum absolute atomic E-state index is 13.4. The summed E-state index contributed by atoms with van der Waals surface area (Å²) in [5, 5.41) is 8.66. The molecule has 1 N–H and O–H groups in total. The zero-order valence-corrected chi connectivity index (χ0v) is 10.2. The molecule has 0 saturated carbocycles. The molecule has 0 heterocycles. The minimum absolute atomic E-state index is 0.288. The molecule has 0 saturated heterocycles. The minimum Gasteiger partial charge on any atom is -0.478 e. The molecule has 100 valence electrons. The van der Waals surface area contributed by atoms with Gasteiger partial charge in [-0.15, -0.1) is 0 Å². The second-order valence-electron chi connectivity index (χ2n) is 3.17. The van der Waals surface area contributed by atoms with Crippen LogP contribution in [0.4, 0.5) is 8.78 Å². The lowest BCUT2D eigenvalue weighted by atomic mass is 10.2. The molecule has 6 nitrogen and oxygen atoms in total. The van der Waals surface area contributed by atoms with E-state index in [9.17, 15) is 22.0 Å². The van der Waals surface area contributed by atoms with Crippen LogP contribution in [0.2, 0.25) is 0 Å². The third kappa shape index (κ3) is 2.47. The number of carboxylic acids is 1. The molecule has 18 heavy (non-hydrogen) atoms. The number of halogens is 2. The lowest BCUT2D eigenvalue weighted by molar-refractivity contribution is -0.0260. The lowest BCUT2D eigenvalue weighted by Gasteiger charge is -2.15. The maximum Gasteiger partial charge on any atom is 0.335 e. The molecule has 1 aromatic rings. The highest BCUT2D eigenvalue weighted by molar-refractivity contribution is 7.89. The number of hydrogen-bond acceptors (Lipinski definition) is 4. The quantitative estimate of drug-likeness (QED) is 0.827. The molecule has 0 aliphatic rings. The number of benzene rings is 1. The Morgan fingerprint density at radius 1 is 1.39 bits per heavy atom. The summed E-state index contributed by atoms with van der Waals surface area (Å²) >= 11 is 0. The van der Waals surface area contributed by atoms with Crippen molar-refractivity contribution >= 4 is 16.0 Å². The summed E-state index contributed by atoms with van der Waals surface area (Å²) < 4.78 is 50.3. The van der Waals surface area contributed by atoms with Crippen LogP contribution in [0, 0.1) is 11.6 Å². The molecule has 0 spiro atoms. The zero-order chi connectivity index (χ0) is 14.1. The van der Waals surface area contributed by atoms with Crippen molar-refractivity contribution in [3.63, 3.8) is 0 Å². The van der Waals surface area contributed by atoms with Crippen molar-refractivity contribution in [1.82, 2.24) is 4.47 Å². The van der Waals surface area contributed by atoms with Gasteiger partial charge >= 0.3 is 5.97 Å². The fourth-order valence-electron chi connectivity index (χ4n) is 1.11. The number of sulfonamides is 1. The molecule has 0 aliphatic carbocycles. The van der Waals surface area contributed by atoms with Crippen LogP contribution >= 0.6 is 0 Å². The summed E-state index contributed by atoms with van der Waals surface area (Å²) in [6.45, 7) is 0. The Bertz CT molecular complexity index is 587. The molecule has 0 bridgehead atoms. The van der Waals surface area contributed by atoms with Crippen molar-refractivity contribution in [2.24, 2.45) is 0 Å². The lowest BCUT2D eigenvalue weighted by Crippen LogP contribution is -2.27. The van der Waals surface area contributed by atoms with Gasteiger partial charge in [-0.2, -0.15) is 0 Å². The van der Waals surface area contributed by atoms with Gasteiger partial charge in [-0.1, -0.05) is 4.47 Å². The second kappa shape index (κ2) is 4.96. The molecule has 0 atom stereocenters. The number of aromatic carboxylic acids is 1. The Labute approximate surface area is 101 Å². The molecule has 9 heteroatoms. The Hall–Kier alpha value is -1.58. The van der Waals surface area contributed by atoms with Crippen molar-refractivity contribution in [2.45, 2.75) is 4.90 Å². The Kier molecular flexibility index (Phi) is 3.99. The van der Waals surface area contributed by atoms with E-state index < -0.39 is 38.1 Å². The number of nitrogens with zero attached hydrogens (tertiary/aromatic N) is 1. The van der Waals surface area contributed by atoms with Crippen molar-refractivity contribution in [3.05, 3.63) is 29.3 Å². The van der Waals surface area contributed by atoms with Crippen LogP contribution in [-0.2, 0) is 14.9 Å². The maximum atomic E-state index is 13.4. The van der Waals surface area contributed by atoms with Gasteiger partial charge in [0.15, 0.2) is 11.6 Å². The first kappa shape index (κ1) is 14.5. The highest BCUT2D eigenvalue weighted by Crippen LogP contribution is 2.22.